The van der Waals surface area contributed by atoms with Crippen LogP contribution >= 0.6 is 0 Å². The van der Waals surface area contributed by atoms with E-state index >= 15 is 0 Å². The van der Waals surface area contributed by atoms with Crippen LogP contribution in [0, 0.1) is 12.8 Å². The molecule has 0 aliphatic heterocycles. The van der Waals surface area contributed by atoms with Crippen LogP contribution in [0.25, 0.3) is 0 Å². The highest BCUT2D eigenvalue weighted by atomic mass is 15.3. The molecule has 1 rings (SSSR count). The number of hydrogen-bond acceptors (Lipinski definition) is 3. The van der Waals surface area contributed by atoms with Crippen molar-refractivity contribution in [3.05, 3.63) is 17.5 Å². The van der Waals surface area contributed by atoms with Gasteiger partial charge in [-0.15, -0.1) is 0 Å². The topological polar surface area (TPSA) is 33.1 Å². The fourth-order valence-corrected chi connectivity index (χ4v) is 2.16. The molecule has 0 bridgehead atoms. The zero-order valence-electron chi connectivity index (χ0n) is 12.7. The van der Waals surface area contributed by atoms with Crippen molar-refractivity contribution in [1.29, 1.82) is 0 Å². The number of hydrogen-bond donors (Lipinski definition) is 1. The molecule has 0 saturated heterocycles. The Morgan fingerprint density at radius 3 is 2.56 bits per heavy atom. The van der Waals surface area contributed by atoms with Gasteiger partial charge in [-0.25, -0.2) is 0 Å². The Morgan fingerprint density at radius 2 is 2.06 bits per heavy atom. The van der Waals surface area contributed by atoms with Crippen molar-refractivity contribution in [3.63, 3.8) is 0 Å². The Labute approximate surface area is 111 Å². The zero-order valence-corrected chi connectivity index (χ0v) is 12.7. The van der Waals surface area contributed by atoms with E-state index in [4.69, 9.17) is 0 Å². The fourth-order valence-electron chi connectivity index (χ4n) is 2.16. The minimum absolute atomic E-state index is 0.514. The normalized spacial score (nSPS) is 13.6. The Hall–Kier alpha value is -0.870. The van der Waals surface area contributed by atoms with Crippen LogP contribution in [0.2, 0.25) is 0 Å². The van der Waals surface area contributed by atoms with Crippen molar-refractivity contribution in [2.24, 2.45) is 5.92 Å². The highest BCUT2D eigenvalue weighted by Crippen LogP contribution is 2.07. The smallest absolute Gasteiger partial charge is 0.0597 e. The van der Waals surface area contributed by atoms with Crippen molar-refractivity contribution in [2.45, 2.75) is 46.8 Å². The maximum atomic E-state index is 4.48. The molecule has 1 unspecified atom stereocenters. The predicted octanol–water partition coefficient (Wildman–Crippen LogP) is 1.89. The summed E-state index contributed by atoms with van der Waals surface area (Å²) in [6.07, 6.45) is 0. The molecule has 104 valence electrons. The van der Waals surface area contributed by atoms with Gasteiger partial charge in [0.2, 0.25) is 0 Å². The molecule has 4 nitrogen and oxygen atoms in total. The van der Waals surface area contributed by atoms with Crippen LogP contribution in [0.15, 0.2) is 6.07 Å². The third-order valence-electron chi connectivity index (χ3n) is 3.20. The summed E-state index contributed by atoms with van der Waals surface area (Å²) in [5, 5.41) is 8.13. The summed E-state index contributed by atoms with van der Waals surface area (Å²) in [6.45, 7) is 11.6. The highest BCUT2D eigenvalue weighted by molar-refractivity contribution is 5.08. The molecular weight excluding hydrogens is 224 g/mol. The van der Waals surface area contributed by atoms with E-state index in [1.54, 1.807) is 0 Å². The first-order chi connectivity index (χ1) is 8.43. The van der Waals surface area contributed by atoms with Gasteiger partial charge in [0.1, 0.15) is 0 Å². The van der Waals surface area contributed by atoms with Crippen LogP contribution in [0.4, 0.5) is 0 Å². The summed E-state index contributed by atoms with van der Waals surface area (Å²) in [5.74, 6) is 0.631. The van der Waals surface area contributed by atoms with Gasteiger partial charge in [-0.1, -0.05) is 13.8 Å². The summed E-state index contributed by atoms with van der Waals surface area (Å²) < 4.78 is 2.08. The van der Waals surface area contributed by atoms with Gasteiger partial charge in [-0.2, -0.15) is 5.10 Å². The first kappa shape index (κ1) is 15.2. The maximum absolute atomic E-state index is 4.48. The van der Waals surface area contributed by atoms with Gasteiger partial charge in [-0.05, 0) is 39.9 Å². The number of nitrogens with zero attached hydrogens (tertiary/aromatic N) is 3. The van der Waals surface area contributed by atoms with E-state index in [1.165, 1.54) is 5.69 Å². The van der Waals surface area contributed by atoms with Crippen molar-refractivity contribution in [2.75, 3.05) is 20.6 Å². The van der Waals surface area contributed by atoms with Gasteiger partial charge >= 0.3 is 0 Å². The Morgan fingerprint density at radius 1 is 1.39 bits per heavy atom. The van der Waals surface area contributed by atoms with E-state index in [-0.39, 0.29) is 0 Å². The summed E-state index contributed by atoms with van der Waals surface area (Å²) >= 11 is 0. The lowest BCUT2D eigenvalue weighted by Gasteiger charge is -2.25. The van der Waals surface area contributed by atoms with Gasteiger partial charge < -0.3 is 10.2 Å². The summed E-state index contributed by atoms with van der Waals surface area (Å²) in [5.41, 5.74) is 2.38. The van der Waals surface area contributed by atoms with Crippen LogP contribution in [0.5, 0.6) is 0 Å². The zero-order chi connectivity index (χ0) is 13.7. The van der Waals surface area contributed by atoms with Crippen molar-refractivity contribution < 1.29 is 0 Å². The van der Waals surface area contributed by atoms with Gasteiger partial charge in [-0.3, -0.25) is 4.68 Å². The average molecular weight is 252 g/mol. The molecule has 0 saturated carbocycles. The number of aromatic nitrogens is 2. The maximum Gasteiger partial charge on any atom is 0.0597 e. The second-order valence-corrected chi connectivity index (χ2v) is 5.59. The Bertz CT molecular complexity index is 355. The standard InChI is InChI=1S/C14H28N4/c1-7-18-13(8-12(4)16-18)9-15-14(11(2)3)10-17(5)6/h8,11,14-15H,7,9-10H2,1-6H3. The molecule has 0 amide bonds. The Kier molecular flexibility index (Phi) is 5.82. The first-order valence-corrected chi connectivity index (χ1v) is 6.85. The van der Waals surface area contributed by atoms with Gasteiger partial charge in [0.25, 0.3) is 0 Å². The van der Waals surface area contributed by atoms with E-state index in [1.807, 2.05) is 0 Å². The predicted molar refractivity (Wildman–Crippen MR) is 76.7 cm³/mol. The molecule has 1 aromatic rings. The third-order valence-corrected chi connectivity index (χ3v) is 3.20. The van der Waals surface area contributed by atoms with E-state index < -0.39 is 0 Å². The van der Waals surface area contributed by atoms with Crippen molar-refractivity contribution in [3.8, 4) is 0 Å². The molecule has 1 N–H and O–H groups in total. The summed E-state index contributed by atoms with van der Waals surface area (Å²) in [6, 6.07) is 2.68. The Balaban J connectivity index is 2.60. The molecule has 0 radical (unpaired) electrons. The van der Waals surface area contributed by atoms with Gasteiger partial charge in [0, 0.05) is 25.7 Å². The number of rotatable bonds is 7. The molecule has 0 spiro atoms. The third kappa shape index (κ3) is 4.42. The number of likely N-dealkylation sites (N-methyl/N-ethyl adjacent to an activating group) is 1. The van der Waals surface area contributed by atoms with Crippen molar-refractivity contribution >= 4 is 0 Å². The van der Waals surface area contributed by atoms with E-state index in [0.29, 0.717) is 12.0 Å². The van der Waals surface area contributed by atoms with E-state index in [0.717, 1.165) is 25.3 Å². The molecule has 1 aromatic heterocycles. The molecule has 0 fully saturated rings. The van der Waals surface area contributed by atoms with Crippen LogP contribution < -0.4 is 5.32 Å². The number of aryl methyl sites for hydroxylation is 2. The molecule has 1 atom stereocenters. The van der Waals surface area contributed by atoms with Gasteiger partial charge in [0.15, 0.2) is 0 Å². The quantitative estimate of drug-likeness (QED) is 0.804. The second-order valence-electron chi connectivity index (χ2n) is 5.59. The van der Waals surface area contributed by atoms with Crippen LogP contribution in [0.3, 0.4) is 0 Å². The van der Waals surface area contributed by atoms with Crippen molar-refractivity contribution in [1.82, 2.24) is 20.0 Å². The first-order valence-electron chi connectivity index (χ1n) is 6.85. The highest BCUT2D eigenvalue weighted by Gasteiger charge is 2.14. The molecule has 18 heavy (non-hydrogen) atoms. The fraction of sp³-hybridized carbons (Fsp3) is 0.786. The summed E-state index contributed by atoms with van der Waals surface area (Å²) in [4.78, 5) is 2.24. The molecule has 1 heterocycles. The lowest BCUT2D eigenvalue weighted by molar-refractivity contribution is 0.286. The molecule has 0 aliphatic rings. The van der Waals surface area contributed by atoms with E-state index in [9.17, 15) is 0 Å². The number of nitrogens with one attached hydrogen (secondary N) is 1. The monoisotopic (exact) mass is 252 g/mol. The SMILES string of the molecule is CCn1nc(C)cc1CNC(CN(C)C)C(C)C. The second kappa shape index (κ2) is 6.90. The van der Waals surface area contributed by atoms with E-state index in [2.05, 4.69) is 67.9 Å². The minimum atomic E-state index is 0.514. The largest absolute Gasteiger partial charge is 0.308 e. The average Bonchev–Trinajstić information content (AvgIpc) is 2.64. The molecule has 0 aromatic carbocycles. The molecule has 0 aliphatic carbocycles. The van der Waals surface area contributed by atoms with Gasteiger partial charge in [0.05, 0.1) is 11.4 Å². The summed E-state index contributed by atoms with van der Waals surface area (Å²) in [7, 11) is 4.25. The molecule has 4 heteroatoms. The van der Waals surface area contributed by atoms with Crippen LogP contribution in [-0.2, 0) is 13.1 Å². The lowest BCUT2D eigenvalue weighted by atomic mass is 10.0. The van der Waals surface area contributed by atoms with Crippen LogP contribution in [-0.4, -0.2) is 41.4 Å². The van der Waals surface area contributed by atoms with Crippen LogP contribution in [0.1, 0.15) is 32.2 Å². The molecular formula is C14H28N4. The lowest BCUT2D eigenvalue weighted by Crippen LogP contribution is -2.41. The minimum Gasteiger partial charge on any atom is -0.308 e.